The molecule has 1 heterocycles. The third-order valence-electron chi connectivity index (χ3n) is 3.48. The Kier molecular flexibility index (Phi) is 4.93. The summed E-state index contributed by atoms with van der Waals surface area (Å²) in [7, 11) is 1.53. The van der Waals surface area contributed by atoms with Crippen molar-refractivity contribution in [3.63, 3.8) is 0 Å². The van der Waals surface area contributed by atoms with Gasteiger partial charge >= 0.3 is 5.69 Å². The monoisotopic (exact) mass is 331 g/mol. The van der Waals surface area contributed by atoms with Crippen molar-refractivity contribution < 1.29 is 14.5 Å². The third-order valence-corrected chi connectivity index (χ3v) is 3.48. The van der Waals surface area contributed by atoms with Crippen LogP contribution in [0.3, 0.4) is 0 Å². The van der Waals surface area contributed by atoms with Gasteiger partial charge in [-0.3, -0.25) is 24.4 Å². The van der Waals surface area contributed by atoms with Gasteiger partial charge in [0.1, 0.15) is 17.9 Å². The van der Waals surface area contributed by atoms with Gasteiger partial charge in [0, 0.05) is 18.3 Å². The Balaban J connectivity index is 2.07. The zero-order valence-corrected chi connectivity index (χ0v) is 13.5. The summed E-state index contributed by atoms with van der Waals surface area (Å²) < 4.78 is 1.29. The highest BCUT2D eigenvalue weighted by Gasteiger charge is 2.22. The number of amides is 2. The summed E-state index contributed by atoms with van der Waals surface area (Å²) in [5.41, 5.74) is 1.49. The van der Waals surface area contributed by atoms with Crippen LogP contribution in [0.4, 0.5) is 11.4 Å². The second-order valence-electron chi connectivity index (χ2n) is 5.14. The van der Waals surface area contributed by atoms with E-state index in [-0.39, 0.29) is 29.7 Å². The summed E-state index contributed by atoms with van der Waals surface area (Å²) in [6.07, 6.45) is 0. The van der Waals surface area contributed by atoms with Crippen molar-refractivity contribution in [3.05, 3.63) is 51.3 Å². The molecule has 0 spiro atoms. The van der Waals surface area contributed by atoms with Crippen LogP contribution in [0.5, 0.6) is 0 Å². The number of rotatable bonds is 5. The summed E-state index contributed by atoms with van der Waals surface area (Å²) in [4.78, 5) is 34.0. The molecular formula is C15H17N5O4. The molecule has 0 unspecified atom stereocenters. The molecule has 0 aliphatic rings. The molecule has 0 aliphatic heterocycles. The average molecular weight is 331 g/mol. The zero-order chi connectivity index (χ0) is 17.9. The van der Waals surface area contributed by atoms with Gasteiger partial charge in [0.25, 0.3) is 5.91 Å². The Hall–Kier alpha value is -3.23. The molecule has 2 rings (SSSR count). The van der Waals surface area contributed by atoms with Crippen molar-refractivity contribution in [1.29, 1.82) is 0 Å². The molecule has 0 saturated heterocycles. The van der Waals surface area contributed by atoms with E-state index in [4.69, 9.17) is 0 Å². The summed E-state index contributed by atoms with van der Waals surface area (Å²) >= 11 is 0. The molecule has 0 radical (unpaired) electrons. The van der Waals surface area contributed by atoms with E-state index < -0.39 is 4.92 Å². The molecule has 0 aliphatic carbocycles. The SMILES string of the molecule is CNC(=O)c1ccc(NC(=O)Cn2nc(C)c([N+](=O)[O-])c2C)cc1. The minimum Gasteiger partial charge on any atom is -0.355 e. The molecule has 0 atom stereocenters. The lowest BCUT2D eigenvalue weighted by Gasteiger charge is -2.07. The van der Waals surface area contributed by atoms with E-state index in [0.29, 0.717) is 16.9 Å². The normalized spacial score (nSPS) is 10.3. The largest absolute Gasteiger partial charge is 0.355 e. The highest BCUT2D eigenvalue weighted by atomic mass is 16.6. The molecule has 2 amide bonds. The van der Waals surface area contributed by atoms with Gasteiger partial charge in [-0.1, -0.05) is 0 Å². The number of nitrogens with one attached hydrogen (secondary N) is 2. The molecule has 1 aromatic carbocycles. The number of carbonyl (C=O) groups is 2. The maximum absolute atomic E-state index is 12.1. The lowest BCUT2D eigenvalue weighted by atomic mass is 10.2. The van der Waals surface area contributed by atoms with Gasteiger partial charge in [-0.15, -0.1) is 0 Å². The minimum atomic E-state index is -0.510. The summed E-state index contributed by atoms with van der Waals surface area (Å²) in [6, 6.07) is 6.38. The van der Waals surface area contributed by atoms with Gasteiger partial charge in [-0.2, -0.15) is 5.10 Å². The first-order valence-electron chi connectivity index (χ1n) is 7.14. The maximum atomic E-state index is 12.1. The molecule has 0 bridgehead atoms. The van der Waals surface area contributed by atoms with E-state index in [9.17, 15) is 19.7 Å². The van der Waals surface area contributed by atoms with E-state index >= 15 is 0 Å². The number of benzene rings is 1. The van der Waals surface area contributed by atoms with Gasteiger partial charge < -0.3 is 10.6 Å². The van der Waals surface area contributed by atoms with E-state index in [2.05, 4.69) is 15.7 Å². The quantitative estimate of drug-likeness (QED) is 0.634. The van der Waals surface area contributed by atoms with Crippen molar-refractivity contribution in [1.82, 2.24) is 15.1 Å². The molecule has 1 aromatic heterocycles. The highest BCUT2D eigenvalue weighted by molar-refractivity contribution is 5.95. The van der Waals surface area contributed by atoms with Crippen LogP contribution in [-0.2, 0) is 11.3 Å². The summed E-state index contributed by atoms with van der Waals surface area (Å²) in [5.74, 6) is -0.592. The van der Waals surface area contributed by atoms with Crippen molar-refractivity contribution >= 4 is 23.2 Å². The van der Waals surface area contributed by atoms with E-state index in [1.54, 1.807) is 31.2 Å². The van der Waals surface area contributed by atoms with Crippen LogP contribution < -0.4 is 10.6 Å². The van der Waals surface area contributed by atoms with Crippen molar-refractivity contribution in [2.45, 2.75) is 20.4 Å². The number of carbonyl (C=O) groups excluding carboxylic acids is 2. The summed E-state index contributed by atoms with van der Waals surface area (Å²) in [5, 5.41) is 20.1. The molecule has 0 saturated carbocycles. The highest BCUT2D eigenvalue weighted by Crippen LogP contribution is 2.21. The predicted molar refractivity (Wildman–Crippen MR) is 86.8 cm³/mol. The van der Waals surface area contributed by atoms with E-state index in [0.717, 1.165) is 0 Å². The Morgan fingerprint density at radius 2 is 1.88 bits per heavy atom. The predicted octanol–water partition coefficient (Wildman–Crippen LogP) is 1.41. The fraction of sp³-hybridized carbons (Fsp3) is 0.267. The fourth-order valence-electron chi connectivity index (χ4n) is 2.29. The first kappa shape index (κ1) is 17.1. The second-order valence-corrected chi connectivity index (χ2v) is 5.14. The van der Waals surface area contributed by atoms with Crippen molar-refractivity contribution in [2.75, 3.05) is 12.4 Å². The Morgan fingerprint density at radius 3 is 2.38 bits per heavy atom. The third kappa shape index (κ3) is 3.57. The van der Waals surface area contributed by atoms with Gasteiger partial charge in [0.15, 0.2) is 0 Å². The Bertz CT molecular complexity index is 795. The van der Waals surface area contributed by atoms with Crippen molar-refractivity contribution in [3.8, 4) is 0 Å². The van der Waals surface area contributed by atoms with Gasteiger partial charge in [0.2, 0.25) is 5.91 Å². The summed E-state index contributed by atoms with van der Waals surface area (Å²) in [6.45, 7) is 2.93. The maximum Gasteiger partial charge on any atom is 0.312 e. The van der Waals surface area contributed by atoms with Crippen LogP contribution in [0, 0.1) is 24.0 Å². The molecule has 0 fully saturated rings. The van der Waals surface area contributed by atoms with Gasteiger partial charge in [0.05, 0.1) is 4.92 Å². The van der Waals surface area contributed by atoms with Crippen LogP contribution in [0.2, 0.25) is 0 Å². The number of aromatic nitrogens is 2. The standard InChI is InChI=1S/C15H17N5O4/c1-9-14(20(23)24)10(2)19(18-9)8-13(21)17-12-6-4-11(5-7-12)15(22)16-3/h4-7H,8H2,1-3H3,(H,16,22)(H,17,21). The number of hydrogen-bond acceptors (Lipinski definition) is 5. The van der Waals surface area contributed by atoms with E-state index in [1.165, 1.54) is 18.7 Å². The molecule has 2 N–H and O–H groups in total. The Morgan fingerprint density at radius 1 is 1.25 bits per heavy atom. The molecule has 24 heavy (non-hydrogen) atoms. The molecule has 9 nitrogen and oxygen atoms in total. The topological polar surface area (TPSA) is 119 Å². The second kappa shape index (κ2) is 6.90. The average Bonchev–Trinajstić information content (AvgIpc) is 2.81. The van der Waals surface area contributed by atoms with Crippen molar-refractivity contribution in [2.24, 2.45) is 0 Å². The smallest absolute Gasteiger partial charge is 0.312 e. The van der Waals surface area contributed by atoms with E-state index in [1.807, 2.05) is 0 Å². The van der Waals surface area contributed by atoms with Gasteiger partial charge in [-0.05, 0) is 38.1 Å². The number of hydrogen-bond donors (Lipinski definition) is 2. The number of anilines is 1. The first-order chi connectivity index (χ1) is 11.3. The van der Waals surface area contributed by atoms with Crippen LogP contribution in [0.25, 0.3) is 0 Å². The van der Waals surface area contributed by atoms with Crippen LogP contribution in [0.1, 0.15) is 21.7 Å². The zero-order valence-electron chi connectivity index (χ0n) is 13.5. The molecular weight excluding hydrogens is 314 g/mol. The number of nitro groups is 1. The first-order valence-corrected chi connectivity index (χ1v) is 7.14. The lowest BCUT2D eigenvalue weighted by molar-refractivity contribution is -0.386. The number of aryl methyl sites for hydroxylation is 1. The fourth-order valence-corrected chi connectivity index (χ4v) is 2.29. The van der Waals surface area contributed by atoms with Gasteiger partial charge in [-0.25, -0.2) is 0 Å². The van der Waals surface area contributed by atoms with Crippen LogP contribution in [0.15, 0.2) is 24.3 Å². The molecule has 2 aromatic rings. The molecule has 9 heteroatoms. The Labute approximate surface area is 137 Å². The number of nitrogens with zero attached hydrogens (tertiary/aromatic N) is 3. The van der Waals surface area contributed by atoms with Crippen LogP contribution in [-0.4, -0.2) is 33.6 Å². The molecule has 126 valence electrons. The lowest BCUT2D eigenvalue weighted by Crippen LogP contribution is -2.21. The van der Waals surface area contributed by atoms with Crippen LogP contribution >= 0.6 is 0 Å². The minimum absolute atomic E-state index is 0.0854.